The molecule has 9 nitrogen and oxygen atoms in total. The van der Waals surface area contributed by atoms with Gasteiger partial charge in [-0.2, -0.15) is 0 Å². The first kappa shape index (κ1) is 24.7. The lowest BCUT2D eigenvalue weighted by Gasteiger charge is -2.39. The van der Waals surface area contributed by atoms with Crippen LogP contribution in [-0.4, -0.2) is 91.5 Å². The van der Waals surface area contributed by atoms with Crippen LogP contribution in [-0.2, 0) is 19.1 Å². The summed E-state index contributed by atoms with van der Waals surface area (Å²) in [7, 11) is 0. The van der Waals surface area contributed by atoms with E-state index >= 15 is 0 Å². The Bertz CT molecular complexity index is 1020. The molecule has 0 bridgehead atoms. The summed E-state index contributed by atoms with van der Waals surface area (Å²) in [5.41, 5.74) is 1.48. The number of benzene rings is 2. The molecule has 1 N–H and O–H groups in total. The summed E-state index contributed by atoms with van der Waals surface area (Å²) in [6.07, 6.45) is 0. The topological polar surface area (TPSA) is 91.4 Å². The van der Waals surface area contributed by atoms with Crippen LogP contribution in [0.3, 0.4) is 0 Å². The Labute approximate surface area is 205 Å². The molecular weight excluding hydrogens is 448 g/mol. The van der Waals surface area contributed by atoms with E-state index in [4.69, 9.17) is 9.47 Å². The number of nitrogens with zero attached hydrogens (tertiary/aromatic N) is 3. The third-order valence-corrected chi connectivity index (χ3v) is 6.26. The Balaban J connectivity index is 1.45. The molecule has 0 aliphatic carbocycles. The third-order valence-electron chi connectivity index (χ3n) is 6.26. The Morgan fingerprint density at radius 1 is 0.857 bits per heavy atom. The maximum Gasteiger partial charge on any atom is 0.312 e. The standard InChI is InChI=1S/C26H32N4O5/c1-2-35-22-11-7-6-10-21(22)27-24(31)23(20-8-4-3-5-9-20)28-12-14-29(15-13-28)25(32)26(33)30-16-18-34-19-17-30/h3-11,23H,2,12-19H2,1H3,(H,27,31)/t23-/m0/s1. The molecule has 2 aromatic carbocycles. The number of anilines is 1. The smallest absolute Gasteiger partial charge is 0.312 e. The molecule has 2 heterocycles. The lowest BCUT2D eigenvalue weighted by molar-refractivity contribution is -0.155. The summed E-state index contributed by atoms with van der Waals surface area (Å²) in [5.74, 6) is -0.524. The van der Waals surface area contributed by atoms with Gasteiger partial charge in [-0.15, -0.1) is 0 Å². The first-order chi connectivity index (χ1) is 17.1. The number of nitrogens with one attached hydrogen (secondary N) is 1. The van der Waals surface area contributed by atoms with Gasteiger partial charge in [0.1, 0.15) is 11.8 Å². The minimum absolute atomic E-state index is 0.174. The van der Waals surface area contributed by atoms with Crippen molar-refractivity contribution in [3.8, 4) is 5.75 Å². The van der Waals surface area contributed by atoms with E-state index in [1.165, 1.54) is 0 Å². The van der Waals surface area contributed by atoms with E-state index in [0.717, 1.165) is 5.56 Å². The molecule has 2 saturated heterocycles. The zero-order valence-corrected chi connectivity index (χ0v) is 20.0. The van der Waals surface area contributed by atoms with Crippen molar-refractivity contribution in [2.45, 2.75) is 13.0 Å². The van der Waals surface area contributed by atoms with Crippen molar-refractivity contribution in [2.24, 2.45) is 0 Å². The SMILES string of the molecule is CCOc1ccccc1NC(=O)[C@H](c1ccccc1)N1CCN(C(=O)C(=O)N2CCOCC2)CC1. The van der Waals surface area contributed by atoms with E-state index in [2.05, 4.69) is 10.2 Å². The van der Waals surface area contributed by atoms with E-state index in [-0.39, 0.29) is 5.91 Å². The molecule has 0 unspecified atom stereocenters. The number of ether oxygens (including phenoxy) is 2. The Kier molecular flexibility index (Phi) is 8.33. The molecule has 1 atom stereocenters. The highest BCUT2D eigenvalue weighted by atomic mass is 16.5. The average Bonchev–Trinajstić information content (AvgIpc) is 2.91. The fourth-order valence-electron chi connectivity index (χ4n) is 4.44. The maximum atomic E-state index is 13.5. The average molecular weight is 481 g/mol. The van der Waals surface area contributed by atoms with Gasteiger partial charge in [-0.1, -0.05) is 42.5 Å². The van der Waals surface area contributed by atoms with Crippen LogP contribution in [0.1, 0.15) is 18.5 Å². The van der Waals surface area contributed by atoms with E-state index in [9.17, 15) is 14.4 Å². The second-order valence-corrected chi connectivity index (χ2v) is 8.46. The summed E-state index contributed by atoms with van der Waals surface area (Å²) < 4.78 is 10.9. The minimum atomic E-state index is -0.543. The highest BCUT2D eigenvalue weighted by Crippen LogP contribution is 2.28. The van der Waals surface area contributed by atoms with Gasteiger partial charge in [0.15, 0.2) is 0 Å². The molecule has 2 aliphatic rings. The zero-order chi connectivity index (χ0) is 24.6. The molecule has 2 fully saturated rings. The van der Waals surface area contributed by atoms with Gasteiger partial charge in [-0.05, 0) is 24.6 Å². The minimum Gasteiger partial charge on any atom is -0.492 e. The summed E-state index contributed by atoms with van der Waals surface area (Å²) >= 11 is 0. The van der Waals surface area contributed by atoms with Crippen molar-refractivity contribution in [1.29, 1.82) is 0 Å². The van der Waals surface area contributed by atoms with Gasteiger partial charge in [-0.25, -0.2) is 0 Å². The van der Waals surface area contributed by atoms with Gasteiger partial charge >= 0.3 is 11.8 Å². The van der Waals surface area contributed by atoms with Crippen molar-refractivity contribution in [2.75, 3.05) is 64.4 Å². The summed E-state index contributed by atoms with van der Waals surface area (Å²) in [5, 5.41) is 3.03. The van der Waals surface area contributed by atoms with Crippen molar-refractivity contribution in [1.82, 2.24) is 14.7 Å². The number of carbonyl (C=O) groups is 3. The van der Waals surface area contributed by atoms with E-state index in [1.54, 1.807) is 9.80 Å². The fourth-order valence-corrected chi connectivity index (χ4v) is 4.44. The van der Waals surface area contributed by atoms with Crippen LogP contribution in [0, 0.1) is 0 Å². The summed E-state index contributed by atoms with van der Waals surface area (Å²) in [6, 6.07) is 16.4. The van der Waals surface area contributed by atoms with E-state index in [0.29, 0.717) is 70.5 Å². The van der Waals surface area contributed by atoms with Gasteiger partial charge < -0.3 is 24.6 Å². The first-order valence-electron chi connectivity index (χ1n) is 12.1. The summed E-state index contributed by atoms with van der Waals surface area (Å²) in [6.45, 7) is 5.87. The van der Waals surface area contributed by atoms with Crippen molar-refractivity contribution in [3.63, 3.8) is 0 Å². The number of hydrogen-bond acceptors (Lipinski definition) is 6. The number of para-hydroxylation sites is 2. The normalized spacial score (nSPS) is 17.5. The quantitative estimate of drug-likeness (QED) is 0.634. The van der Waals surface area contributed by atoms with Gasteiger partial charge in [0.25, 0.3) is 0 Å². The molecule has 2 aromatic rings. The predicted octanol–water partition coefficient (Wildman–Crippen LogP) is 1.77. The highest BCUT2D eigenvalue weighted by molar-refractivity contribution is 6.34. The molecule has 0 saturated carbocycles. The molecule has 0 aromatic heterocycles. The number of hydrogen-bond donors (Lipinski definition) is 1. The molecule has 9 heteroatoms. The monoisotopic (exact) mass is 480 g/mol. The number of morpholine rings is 1. The molecule has 186 valence electrons. The van der Waals surface area contributed by atoms with E-state index < -0.39 is 17.9 Å². The second kappa shape index (κ2) is 11.8. The number of piperazine rings is 1. The zero-order valence-electron chi connectivity index (χ0n) is 20.0. The number of carbonyl (C=O) groups excluding carboxylic acids is 3. The van der Waals surface area contributed by atoms with Gasteiger partial charge in [0.05, 0.1) is 25.5 Å². The summed E-state index contributed by atoms with van der Waals surface area (Å²) in [4.78, 5) is 44.1. The lowest BCUT2D eigenvalue weighted by atomic mass is 10.0. The van der Waals surface area contributed by atoms with Crippen LogP contribution < -0.4 is 10.1 Å². The molecule has 35 heavy (non-hydrogen) atoms. The molecule has 0 spiro atoms. The van der Waals surface area contributed by atoms with Crippen LogP contribution in [0.15, 0.2) is 54.6 Å². The van der Waals surface area contributed by atoms with Crippen LogP contribution >= 0.6 is 0 Å². The van der Waals surface area contributed by atoms with Crippen molar-refractivity contribution in [3.05, 3.63) is 60.2 Å². The van der Waals surface area contributed by atoms with Crippen LogP contribution in [0.2, 0.25) is 0 Å². The Morgan fingerprint density at radius 3 is 2.11 bits per heavy atom. The molecular formula is C26H32N4O5. The number of rotatable bonds is 6. The molecule has 2 aliphatic heterocycles. The van der Waals surface area contributed by atoms with Crippen molar-refractivity contribution < 1.29 is 23.9 Å². The maximum absolute atomic E-state index is 13.5. The number of amides is 3. The Morgan fingerprint density at radius 2 is 1.46 bits per heavy atom. The highest BCUT2D eigenvalue weighted by Gasteiger charge is 2.35. The van der Waals surface area contributed by atoms with Gasteiger partial charge in [-0.3, -0.25) is 19.3 Å². The Hall–Kier alpha value is -3.43. The first-order valence-corrected chi connectivity index (χ1v) is 12.1. The third kappa shape index (κ3) is 5.98. The molecule has 0 radical (unpaired) electrons. The fraction of sp³-hybridized carbons (Fsp3) is 0.423. The van der Waals surface area contributed by atoms with Gasteiger partial charge in [0.2, 0.25) is 5.91 Å². The largest absolute Gasteiger partial charge is 0.492 e. The van der Waals surface area contributed by atoms with Crippen LogP contribution in [0.25, 0.3) is 0 Å². The van der Waals surface area contributed by atoms with Gasteiger partial charge in [0, 0.05) is 39.3 Å². The predicted molar refractivity (Wildman–Crippen MR) is 131 cm³/mol. The molecule has 4 rings (SSSR count). The lowest BCUT2D eigenvalue weighted by Crippen LogP contribution is -2.56. The second-order valence-electron chi connectivity index (χ2n) is 8.46. The van der Waals surface area contributed by atoms with Crippen molar-refractivity contribution >= 4 is 23.4 Å². The van der Waals surface area contributed by atoms with E-state index in [1.807, 2.05) is 61.5 Å². The van der Waals surface area contributed by atoms with Crippen LogP contribution in [0.4, 0.5) is 5.69 Å². The van der Waals surface area contributed by atoms with Crippen LogP contribution in [0.5, 0.6) is 5.75 Å². The molecule has 3 amide bonds.